The molecular weight excluding hydrogens is 182 g/mol. The third-order valence-corrected chi connectivity index (χ3v) is 3.10. The van der Waals surface area contributed by atoms with Gasteiger partial charge in [-0.25, -0.2) is 0 Å². The van der Waals surface area contributed by atoms with Crippen LogP contribution in [0.3, 0.4) is 0 Å². The van der Waals surface area contributed by atoms with Gasteiger partial charge in [-0.1, -0.05) is 22.7 Å². The van der Waals surface area contributed by atoms with Crippen LogP contribution in [0.2, 0.25) is 0 Å². The molecule has 0 bridgehead atoms. The molecule has 0 saturated carbocycles. The molecule has 13 heavy (non-hydrogen) atoms. The smallest absolute Gasteiger partial charge is 0.145 e. The van der Waals surface area contributed by atoms with E-state index in [1.807, 2.05) is 19.2 Å². The highest BCUT2D eigenvalue weighted by molar-refractivity contribution is 7.12. The highest BCUT2D eigenvalue weighted by atomic mass is 32.1. The molecule has 0 aliphatic heterocycles. The van der Waals surface area contributed by atoms with E-state index in [0.717, 1.165) is 10.3 Å². The van der Waals surface area contributed by atoms with Gasteiger partial charge in [0, 0.05) is 24.0 Å². The standard InChI is InChI=1S/C9H7N3S/c1-12-7-5-3-2-4-6(7)8-9(12)13-11-10-8/h2-5H,1H3. The number of hydrogen-bond donors (Lipinski definition) is 0. The van der Waals surface area contributed by atoms with Gasteiger partial charge in [-0.15, -0.1) is 5.10 Å². The van der Waals surface area contributed by atoms with E-state index < -0.39 is 0 Å². The zero-order valence-corrected chi connectivity index (χ0v) is 7.88. The summed E-state index contributed by atoms with van der Waals surface area (Å²) in [6.45, 7) is 0. The van der Waals surface area contributed by atoms with Crippen molar-refractivity contribution in [3.63, 3.8) is 0 Å². The van der Waals surface area contributed by atoms with Crippen molar-refractivity contribution in [2.45, 2.75) is 0 Å². The lowest BCUT2D eigenvalue weighted by atomic mass is 10.2. The van der Waals surface area contributed by atoms with E-state index in [0.29, 0.717) is 0 Å². The van der Waals surface area contributed by atoms with Gasteiger partial charge >= 0.3 is 0 Å². The zero-order valence-electron chi connectivity index (χ0n) is 7.06. The lowest BCUT2D eigenvalue weighted by molar-refractivity contribution is 1.02. The van der Waals surface area contributed by atoms with Crippen LogP contribution in [0, 0.1) is 0 Å². The summed E-state index contributed by atoms with van der Waals surface area (Å²) in [5.74, 6) is 0. The van der Waals surface area contributed by atoms with Crippen LogP contribution in [0.1, 0.15) is 0 Å². The Balaban J connectivity index is 2.72. The minimum Gasteiger partial charge on any atom is -0.333 e. The molecular formula is C9H7N3S. The molecule has 1 aromatic carbocycles. The summed E-state index contributed by atoms with van der Waals surface area (Å²) in [6, 6.07) is 8.25. The Hall–Kier alpha value is -1.42. The third kappa shape index (κ3) is 0.781. The Labute approximate surface area is 78.8 Å². The van der Waals surface area contributed by atoms with Gasteiger partial charge in [0.25, 0.3) is 0 Å². The van der Waals surface area contributed by atoms with Crippen molar-refractivity contribution in [2.24, 2.45) is 7.05 Å². The molecule has 0 amide bonds. The number of hydrogen-bond acceptors (Lipinski definition) is 3. The molecule has 0 aliphatic carbocycles. The van der Waals surface area contributed by atoms with Crippen LogP contribution < -0.4 is 0 Å². The lowest BCUT2D eigenvalue weighted by Crippen LogP contribution is -1.83. The Bertz CT molecular complexity index is 579. The normalized spacial score (nSPS) is 11.5. The summed E-state index contributed by atoms with van der Waals surface area (Å²) in [4.78, 5) is 1.14. The number of fused-ring (bicyclic) bond motifs is 3. The van der Waals surface area contributed by atoms with Crippen LogP contribution in [-0.2, 0) is 7.05 Å². The molecule has 0 aliphatic rings. The predicted molar refractivity (Wildman–Crippen MR) is 53.9 cm³/mol. The molecule has 0 atom stereocenters. The zero-order chi connectivity index (χ0) is 8.84. The third-order valence-electron chi connectivity index (χ3n) is 2.30. The quantitative estimate of drug-likeness (QED) is 0.542. The maximum absolute atomic E-state index is 4.12. The van der Waals surface area contributed by atoms with Crippen LogP contribution in [0.15, 0.2) is 24.3 Å². The number of benzene rings is 1. The molecule has 3 aromatic rings. The molecule has 3 rings (SSSR count). The van der Waals surface area contributed by atoms with Gasteiger partial charge in [0.2, 0.25) is 0 Å². The lowest BCUT2D eigenvalue weighted by Gasteiger charge is -1.93. The molecule has 2 heterocycles. The number of nitrogens with zero attached hydrogens (tertiary/aromatic N) is 3. The molecule has 0 N–H and O–H groups in total. The number of aryl methyl sites for hydroxylation is 1. The van der Waals surface area contributed by atoms with E-state index in [9.17, 15) is 0 Å². The fourth-order valence-corrected chi connectivity index (χ4v) is 2.31. The van der Waals surface area contributed by atoms with E-state index in [-0.39, 0.29) is 0 Å². The largest absolute Gasteiger partial charge is 0.333 e. The van der Waals surface area contributed by atoms with Crippen molar-refractivity contribution in [2.75, 3.05) is 0 Å². The first-order chi connectivity index (χ1) is 6.38. The highest BCUT2D eigenvalue weighted by Crippen LogP contribution is 2.27. The molecule has 0 saturated heterocycles. The summed E-state index contributed by atoms with van der Waals surface area (Å²) in [5.41, 5.74) is 2.24. The van der Waals surface area contributed by atoms with Crippen molar-refractivity contribution in [3.05, 3.63) is 24.3 Å². The van der Waals surface area contributed by atoms with E-state index in [4.69, 9.17) is 0 Å². The Morgan fingerprint density at radius 3 is 3.08 bits per heavy atom. The predicted octanol–water partition coefficient (Wildman–Crippen LogP) is 2.18. The van der Waals surface area contributed by atoms with Crippen molar-refractivity contribution in [1.82, 2.24) is 14.2 Å². The Kier molecular flexibility index (Phi) is 1.24. The van der Waals surface area contributed by atoms with Gasteiger partial charge in [-0.2, -0.15) is 0 Å². The molecule has 4 heteroatoms. The maximum Gasteiger partial charge on any atom is 0.145 e. The highest BCUT2D eigenvalue weighted by Gasteiger charge is 2.09. The first-order valence-electron chi connectivity index (χ1n) is 4.03. The molecule has 64 valence electrons. The van der Waals surface area contributed by atoms with Crippen LogP contribution in [0.5, 0.6) is 0 Å². The van der Waals surface area contributed by atoms with Gasteiger partial charge in [0.05, 0.1) is 5.52 Å². The summed E-state index contributed by atoms with van der Waals surface area (Å²) < 4.78 is 6.08. The molecule has 0 spiro atoms. The number of rotatable bonds is 0. The second kappa shape index (κ2) is 2.29. The summed E-state index contributed by atoms with van der Waals surface area (Å²) in [5, 5.41) is 5.30. The van der Waals surface area contributed by atoms with Gasteiger partial charge in [-0.3, -0.25) is 0 Å². The minimum atomic E-state index is 1.02. The van der Waals surface area contributed by atoms with Gasteiger partial charge in [0.15, 0.2) is 0 Å². The fraction of sp³-hybridized carbons (Fsp3) is 0.111. The Morgan fingerprint density at radius 2 is 2.15 bits per heavy atom. The van der Waals surface area contributed by atoms with Crippen molar-refractivity contribution < 1.29 is 0 Å². The summed E-state index contributed by atoms with van der Waals surface area (Å²) in [6.07, 6.45) is 0. The minimum absolute atomic E-state index is 1.02. The van der Waals surface area contributed by atoms with Crippen LogP contribution >= 0.6 is 11.5 Å². The molecule has 0 unspecified atom stereocenters. The Morgan fingerprint density at radius 1 is 1.31 bits per heavy atom. The average molecular weight is 189 g/mol. The van der Waals surface area contributed by atoms with E-state index in [2.05, 4.69) is 26.3 Å². The molecule has 2 aromatic heterocycles. The van der Waals surface area contributed by atoms with E-state index >= 15 is 0 Å². The van der Waals surface area contributed by atoms with Crippen LogP contribution in [-0.4, -0.2) is 14.2 Å². The van der Waals surface area contributed by atoms with Crippen molar-refractivity contribution in [1.29, 1.82) is 0 Å². The van der Waals surface area contributed by atoms with Crippen LogP contribution in [0.25, 0.3) is 21.3 Å². The number of aromatic nitrogens is 3. The molecule has 0 radical (unpaired) electrons. The number of para-hydroxylation sites is 1. The maximum atomic E-state index is 4.12. The SMILES string of the molecule is Cn1c2ccccc2c2nnsc21. The van der Waals surface area contributed by atoms with Crippen molar-refractivity contribution >= 4 is 32.8 Å². The fourth-order valence-electron chi connectivity index (χ4n) is 1.65. The monoisotopic (exact) mass is 189 g/mol. The summed E-state index contributed by atoms with van der Waals surface area (Å²) in [7, 11) is 2.05. The van der Waals surface area contributed by atoms with Gasteiger partial charge in [0.1, 0.15) is 10.3 Å². The second-order valence-electron chi connectivity index (χ2n) is 3.00. The molecule has 3 nitrogen and oxygen atoms in total. The second-order valence-corrected chi connectivity index (χ2v) is 3.74. The van der Waals surface area contributed by atoms with E-state index in [1.54, 1.807) is 0 Å². The van der Waals surface area contributed by atoms with Crippen LogP contribution in [0.4, 0.5) is 0 Å². The van der Waals surface area contributed by atoms with Crippen molar-refractivity contribution in [3.8, 4) is 0 Å². The average Bonchev–Trinajstić information content (AvgIpc) is 2.72. The first-order valence-corrected chi connectivity index (χ1v) is 4.81. The van der Waals surface area contributed by atoms with Gasteiger partial charge in [-0.05, 0) is 6.07 Å². The van der Waals surface area contributed by atoms with E-state index in [1.165, 1.54) is 22.4 Å². The van der Waals surface area contributed by atoms with Gasteiger partial charge < -0.3 is 4.57 Å². The topological polar surface area (TPSA) is 30.7 Å². The molecule has 0 fully saturated rings. The first kappa shape index (κ1) is 7.03. The summed E-state index contributed by atoms with van der Waals surface area (Å²) >= 11 is 1.44.